The summed E-state index contributed by atoms with van der Waals surface area (Å²) in [6.07, 6.45) is 0. The van der Waals surface area contributed by atoms with E-state index in [1.807, 2.05) is 0 Å². The van der Waals surface area contributed by atoms with Crippen LogP contribution in [0.15, 0.2) is 0 Å². The minimum atomic E-state index is -0.683. The molecule has 14 heavy (non-hydrogen) atoms. The van der Waals surface area contributed by atoms with E-state index in [9.17, 15) is 9.59 Å². The van der Waals surface area contributed by atoms with E-state index in [0.717, 1.165) is 0 Å². The van der Waals surface area contributed by atoms with Gasteiger partial charge < -0.3 is 11.5 Å². The number of hydrogen-bond acceptors (Lipinski definition) is 6. The lowest BCUT2D eigenvalue weighted by Crippen LogP contribution is -2.30. The molecule has 0 heterocycles. The number of rotatable bonds is 7. The van der Waals surface area contributed by atoms with Gasteiger partial charge in [0.25, 0.3) is 0 Å². The van der Waals surface area contributed by atoms with Crippen LogP contribution in [0.2, 0.25) is 0 Å². The molecule has 0 radical (unpaired) electrons. The van der Waals surface area contributed by atoms with Gasteiger partial charge in [0.1, 0.15) is 0 Å². The van der Waals surface area contributed by atoms with E-state index >= 15 is 0 Å². The number of hydrogen-bond donors (Lipinski definition) is 2. The summed E-state index contributed by atoms with van der Waals surface area (Å²) in [5.74, 6) is 0.770. The maximum atomic E-state index is 10.5. The van der Waals surface area contributed by atoms with Crippen LogP contribution in [0, 0.1) is 0 Å². The molecule has 0 aromatic heterocycles. The van der Waals surface area contributed by atoms with Crippen molar-refractivity contribution in [1.82, 2.24) is 0 Å². The van der Waals surface area contributed by atoms with Crippen LogP contribution in [0.25, 0.3) is 0 Å². The Balaban J connectivity index is 3.47. The van der Waals surface area contributed by atoms with E-state index in [-0.39, 0.29) is 0 Å². The van der Waals surface area contributed by atoms with Crippen molar-refractivity contribution < 1.29 is 9.59 Å². The molecule has 0 aliphatic heterocycles. The Kier molecular flexibility index (Phi) is 8.08. The molecule has 0 aromatic rings. The maximum Gasteiger partial charge on any atom is 0.239 e. The van der Waals surface area contributed by atoms with E-state index in [1.54, 1.807) is 0 Å². The molecule has 0 saturated heterocycles. The van der Waals surface area contributed by atoms with Crippen molar-refractivity contribution in [3.63, 3.8) is 0 Å². The quantitative estimate of drug-likeness (QED) is 0.401. The molecule has 0 aliphatic rings. The average molecular weight is 277 g/mol. The van der Waals surface area contributed by atoms with Crippen molar-refractivity contribution >= 4 is 55.3 Å². The van der Waals surface area contributed by atoms with Gasteiger partial charge in [-0.1, -0.05) is 21.6 Å². The molecule has 82 valence electrons. The molecule has 0 aromatic carbocycles. The summed E-state index contributed by atoms with van der Waals surface area (Å²) in [7, 11) is 2.66. The molecular formula is C6H10Cl2N2O2S2. The van der Waals surface area contributed by atoms with Crippen molar-refractivity contribution in [2.45, 2.75) is 12.1 Å². The normalized spacial score (nSPS) is 14.9. The Morgan fingerprint density at radius 3 is 1.50 bits per heavy atom. The molecule has 4 N–H and O–H groups in total. The summed E-state index contributed by atoms with van der Waals surface area (Å²) < 4.78 is 0. The monoisotopic (exact) mass is 276 g/mol. The summed E-state index contributed by atoms with van der Waals surface area (Å²) >= 11 is 10.3. The first-order valence-electron chi connectivity index (χ1n) is 3.59. The lowest BCUT2D eigenvalue weighted by atomic mass is 10.4. The summed E-state index contributed by atoms with van der Waals surface area (Å²) in [5, 5.41) is -1.15. The molecular weight excluding hydrogens is 267 g/mol. The van der Waals surface area contributed by atoms with Crippen molar-refractivity contribution in [1.29, 1.82) is 0 Å². The Bertz CT molecular complexity index is 196. The van der Waals surface area contributed by atoms with Gasteiger partial charge in [-0.2, -0.15) is 0 Å². The third-order valence-electron chi connectivity index (χ3n) is 1.16. The molecule has 0 amide bonds. The van der Waals surface area contributed by atoms with E-state index in [0.29, 0.717) is 11.5 Å². The summed E-state index contributed by atoms with van der Waals surface area (Å²) in [5.41, 5.74) is 10.7. The first-order valence-corrected chi connectivity index (χ1v) is 6.83. The minimum absolute atomic E-state index is 0.385. The second-order valence-corrected chi connectivity index (χ2v) is 5.69. The van der Waals surface area contributed by atoms with E-state index in [1.165, 1.54) is 21.6 Å². The van der Waals surface area contributed by atoms with Gasteiger partial charge in [-0.25, -0.2) is 0 Å². The van der Waals surface area contributed by atoms with Gasteiger partial charge in [-0.3, -0.25) is 9.59 Å². The number of carbonyl (C=O) groups excluding carboxylic acids is 2. The van der Waals surface area contributed by atoms with Gasteiger partial charge in [0.05, 0.1) is 12.1 Å². The third-order valence-corrected chi connectivity index (χ3v) is 4.20. The van der Waals surface area contributed by atoms with Crippen LogP contribution in [0.3, 0.4) is 0 Å². The van der Waals surface area contributed by atoms with E-state index < -0.39 is 22.6 Å². The smallest absolute Gasteiger partial charge is 0.239 e. The second-order valence-electron chi connectivity index (χ2n) is 2.39. The Hall–Kier alpha value is 0.540. The lowest BCUT2D eigenvalue weighted by molar-refractivity contribution is -0.113. The molecule has 0 spiro atoms. The van der Waals surface area contributed by atoms with Gasteiger partial charge >= 0.3 is 0 Å². The highest BCUT2D eigenvalue weighted by Gasteiger charge is 2.13. The first kappa shape index (κ1) is 14.5. The van der Waals surface area contributed by atoms with E-state index in [2.05, 4.69) is 0 Å². The van der Waals surface area contributed by atoms with Gasteiger partial charge in [-0.05, 0) is 23.2 Å². The molecule has 2 atom stereocenters. The highest BCUT2D eigenvalue weighted by atomic mass is 35.5. The topological polar surface area (TPSA) is 86.2 Å². The zero-order valence-electron chi connectivity index (χ0n) is 7.11. The fraction of sp³-hybridized carbons (Fsp3) is 0.667. The van der Waals surface area contributed by atoms with Crippen molar-refractivity contribution in [2.75, 3.05) is 11.5 Å². The van der Waals surface area contributed by atoms with Gasteiger partial charge in [0, 0.05) is 11.5 Å². The molecule has 0 fully saturated rings. The zero-order chi connectivity index (χ0) is 11.1. The second kappa shape index (κ2) is 7.78. The van der Waals surface area contributed by atoms with Crippen LogP contribution in [0.4, 0.5) is 0 Å². The largest absolute Gasteiger partial charge is 0.320 e. The molecule has 0 unspecified atom stereocenters. The Morgan fingerprint density at radius 1 is 1.00 bits per heavy atom. The lowest BCUT2D eigenvalue weighted by Gasteiger charge is -2.07. The summed E-state index contributed by atoms with van der Waals surface area (Å²) in [6, 6.07) is -1.37. The number of halogens is 2. The Morgan fingerprint density at radius 2 is 1.29 bits per heavy atom. The molecule has 8 heteroatoms. The van der Waals surface area contributed by atoms with Crippen molar-refractivity contribution in [3.05, 3.63) is 0 Å². The predicted molar refractivity (Wildman–Crippen MR) is 62.6 cm³/mol. The van der Waals surface area contributed by atoms with Crippen molar-refractivity contribution in [3.8, 4) is 0 Å². The van der Waals surface area contributed by atoms with Crippen LogP contribution in [-0.2, 0) is 9.59 Å². The average Bonchev–Trinajstić information content (AvgIpc) is 2.11. The van der Waals surface area contributed by atoms with Crippen LogP contribution < -0.4 is 11.5 Å². The minimum Gasteiger partial charge on any atom is -0.320 e. The van der Waals surface area contributed by atoms with Crippen LogP contribution in [-0.4, -0.2) is 34.1 Å². The SMILES string of the molecule is N[C@@H](CSSC[C@H](N)C(=O)Cl)C(=O)Cl. The van der Waals surface area contributed by atoms with Gasteiger partial charge in [0.15, 0.2) is 0 Å². The third kappa shape index (κ3) is 6.92. The van der Waals surface area contributed by atoms with E-state index in [4.69, 9.17) is 34.7 Å². The van der Waals surface area contributed by atoms with Gasteiger partial charge in [0.2, 0.25) is 10.5 Å². The summed E-state index contributed by atoms with van der Waals surface area (Å²) in [4.78, 5) is 21.0. The molecule has 0 bridgehead atoms. The molecule has 0 aliphatic carbocycles. The fourth-order valence-electron chi connectivity index (χ4n) is 0.374. The van der Waals surface area contributed by atoms with Gasteiger partial charge in [-0.15, -0.1) is 0 Å². The fourth-order valence-corrected chi connectivity index (χ4v) is 2.96. The van der Waals surface area contributed by atoms with Crippen LogP contribution in [0.5, 0.6) is 0 Å². The molecule has 4 nitrogen and oxygen atoms in total. The standard InChI is InChI=1S/C6H10Cl2N2O2S2/c7-5(11)3(9)1-13-14-2-4(10)6(8)12/h3-4H,1-2,9-10H2/t3-,4-/m0/s1. The van der Waals surface area contributed by atoms with Crippen molar-refractivity contribution in [2.24, 2.45) is 11.5 Å². The molecule has 0 rings (SSSR count). The van der Waals surface area contributed by atoms with Crippen LogP contribution in [0.1, 0.15) is 0 Å². The number of carbonyl (C=O) groups is 2. The highest BCUT2D eigenvalue weighted by Crippen LogP contribution is 2.22. The van der Waals surface area contributed by atoms with Crippen LogP contribution >= 0.6 is 44.8 Å². The molecule has 0 saturated carbocycles. The first-order chi connectivity index (χ1) is 6.45. The predicted octanol–water partition coefficient (Wildman–Crippen LogP) is 0.553. The zero-order valence-corrected chi connectivity index (χ0v) is 10.3. The number of nitrogens with two attached hydrogens (primary N) is 2. The maximum absolute atomic E-state index is 10.5. The highest BCUT2D eigenvalue weighted by molar-refractivity contribution is 8.76. The summed E-state index contributed by atoms with van der Waals surface area (Å²) in [6.45, 7) is 0. The Labute approximate surface area is 99.8 Å².